The van der Waals surface area contributed by atoms with Gasteiger partial charge in [0.05, 0.1) is 0 Å². The molecule has 1 aliphatic heterocycles. The highest BCUT2D eigenvalue weighted by molar-refractivity contribution is 5.88. The van der Waals surface area contributed by atoms with Crippen molar-refractivity contribution in [2.45, 2.75) is 51.6 Å². The Morgan fingerprint density at radius 3 is 2.53 bits per heavy atom. The Hall–Kier alpha value is -0.570. The van der Waals surface area contributed by atoms with Crippen LogP contribution in [0.3, 0.4) is 0 Å². The molecule has 0 aromatic heterocycles. The molecular formula is C12H22N2O. The highest BCUT2D eigenvalue weighted by Crippen LogP contribution is 2.35. The molecule has 1 heterocycles. The van der Waals surface area contributed by atoms with Gasteiger partial charge in [0.15, 0.2) is 0 Å². The van der Waals surface area contributed by atoms with Crippen molar-refractivity contribution in [2.24, 2.45) is 17.6 Å². The van der Waals surface area contributed by atoms with Gasteiger partial charge >= 0.3 is 0 Å². The molecule has 1 saturated carbocycles. The van der Waals surface area contributed by atoms with Gasteiger partial charge in [-0.3, -0.25) is 4.79 Å². The van der Waals surface area contributed by atoms with Gasteiger partial charge in [0, 0.05) is 12.6 Å². The molecule has 3 atom stereocenters. The van der Waals surface area contributed by atoms with Crippen molar-refractivity contribution in [3.05, 3.63) is 0 Å². The first kappa shape index (κ1) is 10.9. The van der Waals surface area contributed by atoms with Gasteiger partial charge in [-0.05, 0) is 24.7 Å². The highest BCUT2D eigenvalue weighted by atomic mass is 16.2. The van der Waals surface area contributed by atoms with E-state index in [9.17, 15) is 4.79 Å². The lowest BCUT2D eigenvalue weighted by Gasteiger charge is -2.48. The van der Waals surface area contributed by atoms with Crippen molar-refractivity contribution >= 4 is 5.91 Å². The van der Waals surface area contributed by atoms with E-state index < -0.39 is 0 Å². The summed E-state index contributed by atoms with van der Waals surface area (Å²) in [6.07, 6.45) is 5.06. The molecule has 1 amide bonds. The van der Waals surface area contributed by atoms with Gasteiger partial charge in [-0.15, -0.1) is 0 Å². The highest BCUT2D eigenvalue weighted by Gasteiger charge is 2.42. The second-order valence-electron chi connectivity index (χ2n) is 5.36. The van der Waals surface area contributed by atoms with Crippen molar-refractivity contribution in [2.75, 3.05) is 6.54 Å². The van der Waals surface area contributed by atoms with Gasteiger partial charge in [0.1, 0.15) is 6.04 Å². The maximum atomic E-state index is 11.6. The van der Waals surface area contributed by atoms with Crippen LogP contribution in [0.2, 0.25) is 0 Å². The van der Waals surface area contributed by atoms with Crippen LogP contribution in [0.25, 0.3) is 0 Å². The Morgan fingerprint density at radius 2 is 2.00 bits per heavy atom. The monoisotopic (exact) mass is 210 g/mol. The number of nitrogens with zero attached hydrogens (tertiary/aromatic N) is 1. The van der Waals surface area contributed by atoms with Crippen LogP contribution in [0.4, 0.5) is 0 Å². The van der Waals surface area contributed by atoms with Gasteiger partial charge in [0.25, 0.3) is 0 Å². The number of β-lactam (4-membered cyclic amide) rings is 1. The van der Waals surface area contributed by atoms with E-state index >= 15 is 0 Å². The average molecular weight is 210 g/mol. The first-order valence-corrected chi connectivity index (χ1v) is 6.17. The molecule has 0 aromatic carbocycles. The van der Waals surface area contributed by atoms with E-state index in [1.165, 1.54) is 25.7 Å². The summed E-state index contributed by atoms with van der Waals surface area (Å²) in [7, 11) is 0. The number of hydrogen-bond acceptors (Lipinski definition) is 2. The summed E-state index contributed by atoms with van der Waals surface area (Å²) in [5, 5.41) is 0. The molecule has 2 N–H and O–H groups in total. The summed E-state index contributed by atoms with van der Waals surface area (Å²) >= 11 is 0. The fourth-order valence-electron chi connectivity index (χ4n) is 3.08. The Balaban J connectivity index is 2.02. The van der Waals surface area contributed by atoms with E-state index in [4.69, 9.17) is 5.73 Å². The number of likely N-dealkylation sites (tertiary alicyclic amines) is 1. The number of carbonyl (C=O) groups excluding carboxylic acids is 1. The molecule has 0 bridgehead atoms. The van der Waals surface area contributed by atoms with Crippen LogP contribution >= 0.6 is 0 Å². The molecular weight excluding hydrogens is 188 g/mol. The summed E-state index contributed by atoms with van der Waals surface area (Å²) in [5.41, 5.74) is 5.65. The third kappa shape index (κ3) is 1.89. The maximum absolute atomic E-state index is 11.6. The fraction of sp³-hybridized carbons (Fsp3) is 0.917. The molecule has 3 heteroatoms. The summed E-state index contributed by atoms with van der Waals surface area (Å²) in [4.78, 5) is 13.7. The van der Waals surface area contributed by atoms with E-state index in [0.717, 1.165) is 6.54 Å². The van der Waals surface area contributed by atoms with Gasteiger partial charge in [-0.2, -0.15) is 0 Å². The molecule has 0 spiro atoms. The molecule has 3 nitrogen and oxygen atoms in total. The zero-order valence-corrected chi connectivity index (χ0v) is 9.78. The molecule has 1 aliphatic carbocycles. The smallest absolute Gasteiger partial charge is 0.241 e. The van der Waals surface area contributed by atoms with E-state index in [0.29, 0.717) is 17.9 Å². The Labute approximate surface area is 92.0 Å². The lowest BCUT2D eigenvalue weighted by Crippen LogP contribution is -2.66. The average Bonchev–Trinajstić information content (AvgIpc) is 2.25. The van der Waals surface area contributed by atoms with Gasteiger partial charge in [-0.1, -0.05) is 26.7 Å². The predicted octanol–water partition coefficient (Wildman–Crippen LogP) is 1.37. The van der Waals surface area contributed by atoms with E-state index in [1.807, 2.05) is 4.90 Å². The van der Waals surface area contributed by atoms with Crippen LogP contribution in [0.1, 0.15) is 39.5 Å². The first-order chi connectivity index (χ1) is 7.11. The summed E-state index contributed by atoms with van der Waals surface area (Å²) in [6, 6.07) is 0.269. The predicted molar refractivity (Wildman–Crippen MR) is 60.3 cm³/mol. The standard InChI is InChI=1S/C12H22N2O/c1-8(2)9-5-3-4-6-11(9)14-7-10(13)12(14)15/h8-11H,3-7,13H2,1-2H3. The first-order valence-electron chi connectivity index (χ1n) is 6.17. The number of rotatable bonds is 2. The van der Waals surface area contributed by atoms with Crippen LogP contribution in [0.5, 0.6) is 0 Å². The lowest BCUT2D eigenvalue weighted by molar-refractivity contribution is -0.149. The van der Waals surface area contributed by atoms with Crippen LogP contribution in [-0.4, -0.2) is 29.4 Å². The van der Waals surface area contributed by atoms with Crippen LogP contribution in [0.15, 0.2) is 0 Å². The molecule has 15 heavy (non-hydrogen) atoms. The van der Waals surface area contributed by atoms with Crippen LogP contribution in [0, 0.1) is 11.8 Å². The molecule has 2 fully saturated rings. The molecule has 2 rings (SSSR count). The summed E-state index contributed by atoms with van der Waals surface area (Å²) in [5.74, 6) is 1.54. The zero-order valence-electron chi connectivity index (χ0n) is 9.78. The van der Waals surface area contributed by atoms with Crippen LogP contribution < -0.4 is 5.73 Å². The van der Waals surface area contributed by atoms with Gasteiger partial charge in [-0.25, -0.2) is 0 Å². The minimum Gasteiger partial charge on any atom is -0.336 e. The molecule has 1 saturated heterocycles. The summed E-state index contributed by atoms with van der Waals surface area (Å²) < 4.78 is 0. The van der Waals surface area contributed by atoms with Crippen molar-refractivity contribution < 1.29 is 4.79 Å². The maximum Gasteiger partial charge on any atom is 0.241 e. The third-order valence-electron chi connectivity index (χ3n) is 4.03. The minimum absolute atomic E-state index is 0.174. The molecule has 86 valence electrons. The minimum atomic E-state index is -0.209. The molecule has 0 aromatic rings. The van der Waals surface area contributed by atoms with E-state index in [-0.39, 0.29) is 11.9 Å². The molecule has 0 radical (unpaired) electrons. The lowest BCUT2D eigenvalue weighted by atomic mass is 9.76. The summed E-state index contributed by atoms with van der Waals surface area (Å²) in [6.45, 7) is 5.33. The molecule has 3 unspecified atom stereocenters. The van der Waals surface area contributed by atoms with Crippen molar-refractivity contribution in [3.8, 4) is 0 Å². The Morgan fingerprint density at radius 1 is 1.33 bits per heavy atom. The largest absolute Gasteiger partial charge is 0.336 e. The SMILES string of the molecule is CC(C)C1CCCCC1N1CC(N)C1=O. The third-order valence-corrected chi connectivity index (χ3v) is 4.03. The van der Waals surface area contributed by atoms with Gasteiger partial charge < -0.3 is 10.6 Å². The Bertz CT molecular complexity index is 252. The van der Waals surface area contributed by atoms with E-state index in [2.05, 4.69) is 13.8 Å². The van der Waals surface area contributed by atoms with Crippen molar-refractivity contribution in [3.63, 3.8) is 0 Å². The second kappa shape index (κ2) is 4.12. The number of amides is 1. The van der Waals surface area contributed by atoms with Crippen molar-refractivity contribution in [1.82, 2.24) is 4.90 Å². The van der Waals surface area contributed by atoms with Crippen LogP contribution in [-0.2, 0) is 4.79 Å². The number of hydrogen-bond donors (Lipinski definition) is 1. The fourth-order valence-corrected chi connectivity index (χ4v) is 3.08. The second-order valence-corrected chi connectivity index (χ2v) is 5.36. The molecule has 2 aliphatic rings. The topological polar surface area (TPSA) is 46.3 Å². The number of carbonyl (C=O) groups is 1. The number of nitrogens with two attached hydrogens (primary N) is 1. The van der Waals surface area contributed by atoms with Gasteiger partial charge in [0.2, 0.25) is 5.91 Å². The Kier molecular flexibility index (Phi) is 3.01. The zero-order chi connectivity index (χ0) is 11.0. The van der Waals surface area contributed by atoms with Crippen molar-refractivity contribution in [1.29, 1.82) is 0 Å². The quantitative estimate of drug-likeness (QED) is 0.700. The van der Waals surface area contributed by atoms with E-state index in [1.54, 1.807) is 0 Å². The normalized spacial score (nSPS) is 36.9.